The van der Waals surface area contributed by atoms with Crippen molar-refractivity contribution in [1.29, 1.82) is 0 Å². The molecule has 0 aliphatic rings. The van der Waals surface area contributed by atoms with E-state index in [9.17, 15) is 9.59 Å². The molecule has 0 aliphatic carbocycles. The number of amides is 1. The third-order valence-electron chi connectivity index (χ3n) is 3.63. The van der Waals surface area contributed by atoms with Crippen LogP contribution in [0.15, 0.2) is 35.7 Å². The molecule has 3 aromatic rings. The van der Waals surface area contributed by atoms with E-state index in [4.69, 9.17) is 4.74 Å². The van der Waals surface area contributed by atoms with Gasteiger partial charge in [0.05, 0.1) is 13.0 Å². The number of nitrogens with one attached hydrogen (secondary N) is 1. The van der Waals surface area contributed by atoms with Crippen molar-refractivity contribution in [2.75, 3.05) is 11.9 Å². The lowest BCUT2D eigenvalue weighted by molar-refractivity contribution is -0.115. The van der Waals surface area contributed by atoms with E-state index in [2.05, 4.69) is 20.8 Å². The third kappa shape index (κ3) is 3.77. The predicted molar refractivity (Wildman–Crippen MR) is 96.8 cm³/mol. The number of hydrogen-bond acceptors (Lipinski definition) is 7. The number of carbonyl (C=O) groups excluding carboxylic acids is 2. The molecule has 1 N–H and O–H groups in total. The van der Waals surface area contributed by atoms with Gasteiger partial charge >= 0.3 is 5.97 Å². The van der Waals surface area contributed by atoms with Gasteiger partial charge in [-0.2, -0.15) is 0 Å². The van der Waals surface area contributed by atoms with Gasteiger partial charge in [0.1, 0.15) is 10.6 Å². The molecule has 0 radical (unpaired) electrons. The Labute approximate surface area is 153 Å². The summed E-state index contributed by atoms with van der Waals surface area (Å²) in [7, 11) is 1.66. The lowest BCUT2D eigenvalue weighted by Crippen LogP contribution is -2.18. The summed E-state index contributed by atoms with van der Waals surface area (Å²) in [5, 5.41) is 16.0. The summed E-state index contributed by atoms with van der Waals surface area (Å²) < 4.78 is 6.60. The molecule has 9 heteroatoms. The first-order valence-electron chi connectivity index (χ1n) is 7.95. The topological polar surface area (TPSA) is 99.0 Å². The quantitative estimate of drug-likeness (QED) is 0.668. The second-order valence-corrected chi connectivity index (χ2v) is 6.26. The van der Waals surface area contributed by atoms with E-state index in [1.165, 1.54) is 16.0 Å². The summed E-state index contributed by atoms with van der Waals surface area (Å²) in [4.78, 5) is 24.8. The van der Waals surface area contributed by atoms with Crippen molar-refractivity contribution in [3.05, 3.63) is 47.1 Å². The van der Waals surface area contributed by atoms with Crippen LogP contribution in [0.3, 0.4) is 0 Å². The number of rotatable bonds is 6. The number of hydrogen-bond donors (Lipinski definition) is 1. The van der Waals surface area contributed by atoms with Gasteiger partial charge in [0.2, 0.25) is 5.91 Å². The summed E-state index contributed by atoms with van der Waals surface area (Å²) in [6.45, 7) is 1.99. The monoisotopic (exact) mass is 371 g/mol. The summed E-state index contributed by atoms with van der Waals surface area (Å²) in [5.41, 5.74) is 1.96. The van der Waals surface area contributed by atoms with E-state index in [1.807, 2.05) is 35.7 Å². The lowest BCUT2D eigenvalue weighted by Gasteiger charge is -2.08. The molecule has 26 heavy (non-hydrogen) atoms. The van der Waals surface area contributed by atoms with E-state index in [0.717, 1.165) is 11.1 Å². The van der Waals surface area contributed by atoms with Crippen molar-refractivity contribution in [2.45, 2.75) is 13.3 Å². The molecule has 2 aromatic heterocycles. The number of aromatic nitrogens is 4. The van der Waals surface area contributed by atoms with E-state index in [-0.39, 0.29) is 18.9 Å². The molecular weight excluding hydrogens is 354 g/mol. The zero-order valence-corrected chi connectivity index (χ0v) is 15.1. The van der Waals surface area contributed by atoms with Crippen molar-refractivity contribution in [1.82, 2.24) is 20.2 Å². The van der Waals surface area contributed by atoms with Crippen molar-refractivity contribution in [3.8, 4) is 11.1 Å². The number of tetrazole rings is 1. The zero-order valence-electron chi connectivity index (χ0n) is 14.3. The first-order valence-corrected chi connectivity index (χ1v) is 8.83. The van der Waals surface area contributed by atoms with E-state index >= 15 is 0 Å². The van der Waals surface area contributed by atoms with Crippen LogP contribution in [0.2, 0.25) is 0 Å². The molecule has 134 valence electrons. The number of thiophene rings is 1. The first-order chi connectivity index (χ1) is 12.6. The Morgan fingerprint density at radius 3 is 2.69 bits per heavy atom. The molecule has 3 rings (SSSR count). The molecule has 0 spiro atoms. The standard InChI is InChI=1S/C17H17N5O3S/c1-3-25-17(24)15-12(11-7-5-4-6-8-11)10-26-16(15)18-14(23)9-13-19-20-21-22(13)2/h4-8,10H,3,9H2,1-2H3,(H,18,23). The number of esters is 1. The van der Waals surface area contributed by atoms with E-state index in [0.29, 0.717) is 16.4 Å². The van der Waals surface area contributed by atoms with Crippen LogP contribution in [0.5, 0.6) is 0 Å². The molecule has 0 saturated heterocycles. The normalized spacial score (nSPS) is 10.5. The first kappa shape index (κ1) is 17.7. The van der Waals surface area contributed by atoms with E-state index in [1.54, 1.807) is 14.0 Å². The number of ether oxygens (including phenoxy) is 1. The highest BCUT2D eigenvalue weighted by molar-refractivity contribution is 7.15. The molecule has 0 aliphatic heterocycles. The van der Waals surface area contributed by atoms with Crippen LogP contribution in [0.4, 0.5) is 5.00 Å². The number of nitrogens with zero attached hydrogens (tertiary/aromatic N) is 4. The average Bonchev–Trinajstić information content (AvgIpc) is 3.22. The van der Waals surface area contributed by atoms with Gasteiger partial charge in [0.15, 0.2) is 5.82 Å². The molecular formula is C17H17N5O3S. The summed E-state index contributed by atoms with van der Waals surface area (Å²) in [5.74, 6) is -0.349. The molecule has 0 saturated carbocycles. The highest BCUT2D eigenvalue weighted by atomic mass is 32.1. The highest BCUT2D eigenvalue weighted by Crippen LogP contribution is 2.36. The summed E-state index contributed by atoms with van der Waals surface area (Å²) in [6.07, 6.45) is 0.00430. The van der Waals surface area contributed by atoms with Crippen molar-refractivity contribution in [3.63, 3.8) is 0 Å². The maximum atomic E-state index is 12.5. The Morgan fingerprint density at radius 1 is 1.27 bits per heavy atom. The summed E-state index contributed by atoms with van der Waals surface area (Å²) >= 11 is 1.28. The molecule has 1 aromatic carbocycles. The minimum Gasteiger partial charge on any atom is -0.462 e. The molecule has 1 amide bonds. The van der Waals surface area contributed by atoms with Gasteiger partial charge < -0.3 is 10.1 Å². The maximum Gasteiger partial charge on any atom is 0.341 e. The van der Waals surface area contributed by atoms with Crippen LogP contribution >= 0.6 is 11.3 Å². The molecule has 2 heterocycles. The highest BCUT2D eigenvalue weighted by Gasteiger charge is 2.23. The smallest absolute Gasteiger partial charge is 0.341 e. The lowest BCUT2D eigenvalue weighted by atomic mass is 10.0. The predicted octanol–water partition coefficient (Wildman–Crippen LogP) is 2.30. The van der Waals surface area contributed by atoms with Crippen molar-refractivity contribution < 1.29 is 14.3 Å². The summed E-state index contributed by atoms with van der Waals surface area (Å²) in [6, 6.07) is 9.49. The van der Waals surface area contributed by atoms with Gasteiger partial charge in [-0.25, -0.2) is 9.48 Å². The van der Waals surface area contributed by atoms with Gasteiger partial charge in [-0.05, 0) is 22.9 Å². The van der Waals surface area contributed by atoms with Crippen LogP contribution < -0.4 is 5.32 Å². The van der Waals surface area contributed by atoms with Crippen LogP contribution in [-0.2, 0) is 23.0 Å². The van der Waals surface area contributed by atoms with Crippen LogP contribution in [0, 0.1) is 0 Å². The SMILES string of the molecule is CCOC(=O)c1c(-c2ccccc2)csc1NC(=O)Cc1nnnn1C. The van der Waals surface area contributed by atoms with Gasteiger partial charge in [-0.1, -0.05) is 30.3 Å². The van der Waals surface area contributed by atoms with Crippen LogP contribution in [0.25, 0.3) is 11.1 Å². The maximum absolute atomic E-state index is 12.5. The molecule has 0 unspecified atom stereocenters. The third-order valence-corrected chi connectivity index (χ3v) is 4.53. The Morgan fingerprint density at radius 2 is 2.04 bits per heavy atom. The molecule has 0 atom stereocenters. The second kappa shape index (κ2) is 7.87. The minimum atomic E-state index is -0.469. The van der Waals surface area contributed by atoms with Crippen molar-refractivity contribution >= 4 is 28.2 Å². The Bertz CT molecular complexity index is 920. The number of benzene rings is 1. The molecule has 0 bridgehead atoms. The van der Waals surface area contributed by atoms with Crippen LogP contribution in [0.1, 0.15) is 23.1 Å². The minimum absolute atomic E-state index is 0.00430. The molecule has 0 fully saturated rings. The number of carbonyl (C=O) groups is 2. The Hall–Kier alpha value is -3.07. The fourth-order valence-corrected chi connectivity index (χ4v) is 3.37. The van der Waals surface area contributed by atoms with Crippen molar-refractivity contribution in [2.24, 2.45) is 7.05 Å². The van der Waals surface area contributed by atoms with Gasteiger partial charge in [0.25, 0.3) is 0 Å². The van der Waals surface area contributed by atoms with Gasteiger partial charge in [-0.3, -0.25) is 4.79 Å². The Balaban J connectivity index is 1.89. The van der Waals surface area contributed by atoms with E-state index < -0.39 is 5.97 Å². The van der Waals surface area contributed by atoms with Gasteiger partial charge in [-0.15, -0.1) is 16.4 Å². The van der Waals surface area contributed by atoms with Gasteiger partial charge in [0, 0.05) is 18.0 Å². The number of aryl methyl sites for hydroxylation is 1. The average molecular weight is 371 g/mol. The Kier molecular flexibility index (Phi) is 5.37. The van der Waals surface area contributed by atoms with Crippen LogP contribution in [-0.4, -0.2) is 38.7 Å². The fourth-order valence-electron chi connectivity index (χ4n) is 2.40. The molecule has 8 nitrogen and oxygen atoms in total. The zero-order chi connectivity index (χ0) is 18.5. The fraction of sp³-hybridized carbons (Fsp3) is 0.235. The largest absolute Gasteiger partial charge is 0.462 e. The number of anilines is 1. The second-order valence-electron chi connectivity index (χ2n) is 5.38.